The first-order chi connectivity index (χ1) is 7.83. The van der Waals surface area contributed by atoms with E-state index in [-0.39, 0.29) is 17.9 Å². The standard InChI is InChI=1S/C15H26O2/c1-12(8-11-16)7-10-15(17)13(2)6-5-9-14(15,3)4/h7-8,10,13,16-17H,5-6,9,11H2,1-4H3/b10-7+,12-8-. The average Bonchev–Trinajstić information content (AvgIpc) is 2.24. The lowest BCUT2D eigenvalue weighted by molar-refractivity contribution is -0.0941. The summed E-state index contributed by atoms with van der Waals surface area (Å²) < 4.78 is 0. The highest BCUT2D eigenvalue weighted by Gasteiger charge is 2.47. The topological polar surface area (TPSA) is 40.5 Å². The molecule has 0 aliphatic heterocycles. The minimum absolute atomic E-state index is 0.0492. The van der Waals surface area contributed by atoms with Crippen LogP contribution in [0.5, 0.6) is 0 Å². The van der Waals surface area contributed by atoms with E-state index in [1.54, 1.807) is 6.08 Å². The number of rotatable bonds is 3. The van der Waals surface area contributed by atoms with E-state index in [1.807, 2.05) is 19.1 Å². The molecule has 0 bridgehead atoms. The maximum Gasteiger partial charge on any atom is 0.0906 e. The molecule has 0 aromatic carbocycles. The lowest BCUT2D eigenvalue weighted by atomic mass is 9.60. The van der Waals surface area contributed by atoms with Crippen molar-refractivity contribution in [1.82, 2.24) is 0 Å². The van der Waals surface area contributed by atoms with Crippen molar-refractivity contribution in [3.05, 3.63) is 23.8 Å². The van der Waals surface area contributed by atoms with Crippen LogP contribution >= 0.6 is 0 Å². The SMILES string of the molecule is CC(=C/CO)/C=C/C1(O)C(C)CCCC1(C)C. The quantitative estimate of drug-likeness (QED) is 0.742. The highest BCUT2D eigenvalue weighted by molar-refractivity contribution is 5.23. The van der Waals surface area contributed by atoms with Crippen LogP contribution in [0.1, 0.15) is 47.0 Å². The van der Waals surface area contributed by atoms with Crippen molar-refractivity contribution in [2.24, 2.45) is 11.3 Å². The van der Waals surface area contributed by atoms with Gasteiger partial charge in [-0.05, 0) is 31.1 Å². The maximum absolute atomic E-state index is 10.9. The molecule has 1 saturated carbocycles. The molecular weight excluding hydrogens is 212 g/mol. The first kappa shape index (κ1) is 14.5. The van der Waals surface area contributed by atoms with Crippen molar-refractivity contribution in [2.75, 3.05) is 6.61 Å². The van der Waals surface area contributed by atoms with E-state index in [2.05, 4.69) is 20.8 Å². The Labute approximate surface area is 105 Å². The Kier molecular flexibility index (Phi) is 4.56. The first-order valence-electron chi connectivity index (χ1n) is 6.53. The summed E-state index contributed by atoms with van der Waals surface area (Å²) in [7, 11) is 0. The van der Waals surface area contributed by atoms with Gasteiger partial charge < -0.3 is 10.2 Å². The Morgan fingerprint density at radius 1 is 1.41 bits per heavy atom. The second-order valence-corrected chi connectivity index (χ2v) is 5.97. The van der Waals surface area contributed by atoms with Gasteiger partial charge in [-0.3, -0.25) is 0 Å². The summed E-state index contributed by atoms with van der Waals surface area (Å²) in [5.41, 5.74) is 0.172. The van der Waals surface area contributed by atoms with Gasteiger partial charge in [0.25, 0.3) is 0 Å². The third-order valence-electron chi connectivity index (χ3n) is 4.29. The van der Waals surface area contributed by atoms with E-state index < -0.39 is 5.60 Å². The van der Waals surface area contributed by atoms with Crippen LogP contribution < -0.4 is 0 Å². The molecule has 0 radical (unpaired) electrons. The third-order valence-corrected chi connectivity index (χ3v) is 4.29. The number of aliphatic hydroxyl groups excluding tert-OH is 1. The molecule has 1 aliphatic rings. The fourth-order valence-electron chi connectivity index (χ4n) is 2.80. The largest absolute Gasteiger partial charge is 0.392 e. The second kappa shape index (κ2) is 5.36. The Hall–Kier alpha value is -0.600. The molecule has 2 N–H and O–H groups in total. The number of aliphatic hydroxyl groups is 2. The van der Waals surface area contributed by atoms with Gasteiger partial charge in [0.2, 0.25) is 0 Å². The molecule has 0 aromatic rings. The predicted molar refractivity (Wildman–Crippen MR) is 71.7 cm³/mol. The van der Waals surface area contributed by atoms with Crippen molar-refractivity contribution in [2.45, 2.75) is 52.6 Å². The lowest BCUT2D eigenvalue weighted by Gasteiger charge is -2.49. The van der Waals surface area contributed by atoms with E-state index in [0.717, 1.165) is 18.4 Å². The molecule has 98 valence electrons. The third kappa shape index (κ3) is 2.99. The Morgan fingerprint density at radius 3 is 2.59 bits per heavy atom. The van der Waals surface area contributed by atoms with Crippen molar-refractivity contribution in [1.29, 1.82) is 0 Å². The van der Waals surface area contributed by atoms with E-state index in [9.17, 15) is 5.11 Å². The summed E-state index contributed by atoms with van der Waals surface area (Å²) in [5, 5.41) is 19.7. The van der Waals surface area contributed by atoms with Crippen LogP contribution in [-0.4, -0.2) is 22.4 Å². The van der Waals surface area contributed by atoms with Crippen LogP contribution in [0.3, 0.4) is 0 Å². The Balaban J connectivity index is 2.94. The minimum atomic E-state index is -0.740. The Morgan fingerprint density at radius 2 is 2.06 bits per heavy atom. The molecule has 2 nitrogen and oxygen atoms in total. The van der Waals surface area contributed by atoms with Gasteiger partial charge >= 0.3 is 0 Å². The van der Waals surface area contributed by atoms with Gasteiger partial charge in [0.1, 0.15) is 0 Å². The fraction of sp³-hybridized carbons (Fsp3) is 0.733. The lowest BCUT2D eigenvalue weighted by Crippen LogP contribution is -2.50. The zero-order valence-corrected chi connectivity index (χ0v) is 11.5. The van der Waals surface area contributed by atoms with E-state index in [4.69, 9.17) is 5.11 Å². The summed E-state index contributed by atoms with van der Waals surface area (Å²) >= 11 is 0. The number of hydrogen-bond acceptors (Lipinski definition) is 2. The predicted octanol–water partition coefficient (Wildman–Crippen LogP) is 3.06. The molecule has 0 heterocycles. The highest BCUT2D eigenvalue weighted by Crippen LogP contribution is 2.47. The average molecular weight is 238 g/mol. The van der Waals surface area contributed by atoms with Gasteiger partial charge in [-0.15, -0.1) is 0 Å². The molecule has 0 spiro atoms. The normalized spacial score (nSPS) is 34.2. The van der Waals surface area contributed by atoms with Crippen LogP contribution in [-0.2, 0) is 0 Å². The summed E-state index contributed by atoms with van der Waals surface area (Å²) in [6.45, 7) is 8.39. The van der Waals surface area contributed by atoms with Crippen molar-refractivity contribution in [3.8, 4) is 0 Å². The van der Waals surface area contributed by atoms with E-state index >= 15 is 0 Å². The van der Waals surface area contributed by atoms with Crippen LogP contribution in [0.4, 0.5) is 0 Å². The summed E-state index contributed by atoms with van der Waals surface area (Å²) in [6.07, 6.45) is 8.93. The summed E-state index contributed by atoms with van der Waals surface area (Å²) in [6, 6.07) is 0. The first-order valence-corrected chi connectivity index (χ1v) is 6.53. The molecule has 0 amide bonds. The molecule has 1 aliphatic carbocycles. The molecule has 17 heavy (non-hydrogen) atoms. The number of allylic oxidation sites excluding steroid dienone is 2. The molecule has 1 rings (SSSR count). The molecular formula is C15H26O2. The summed E-state index contributed by atoms with van der Waals surface area (Å²) in [5.74, 6) is 0.282. The zero-order valence-electron chi connectivity index (χ0n) is 11.5. The van der Waals surface area contributed by atoms with Gasteiger partial charge in [0.05, 0.1) is 12.2 Å². The Bertz CT molecular complexity index is 315. The van der Waals surface area contributed by atoms with Crippen LogP contribution in [0.2, 0.25) is 0 Å². The van der Waals surface area contributed by atoms with E-state index in [1.165, 1.54) is 6.42 Å². The molecule has 2 unspecified atom stereocenters. The number of hydrogen-bond donors (Lipinski definition) is 2. The van der Waals surface area contributed by atoms with Crippen molar-refractivity contribution in [3.63, 3.8) is 0 Å². The molecule has 1 fully saturated rings. The van der Waals surface area contributed by atoms with Crippen LogP contribution in [0.25, 0.3) is 0 Å². The molecule has 0 aromatic heterocycles. The van der Waals surface area contributed by atoms with Crippen molar-refractivity contribution < 1.29 is 10.2 Å². The monoisotopic (exact) mass is 238 g/mol. The smallest absolute Gasteiger partial charge is 0.0906 e. The zero-order chi connectivity index (χ0) is 13.1. The van der Waals surface area contributed by atoms with E-state index in [0.29, 0.717) is 0 Å². The molecule has 0 saturated heterocycles. The minimum Gasteiger partial charge on any atom is -0.392 e. The van der Waals surface area contributed by atoms with Gasteiger partial charge in [-0.25, -0.2) is 0 Å². The van der Waals surface area contributed by atoms with Gasteiger partial charge in [0.15, 0.2) is 0 Å². The maximum atomic E-state index is 10.9. The van der Waals surface area contributed by atoms with Crippen LogP contribution in [0.15, 0.2) is 23.8 Å². The van der Waals surface area contributed by atoms with Crippen molar-refractivity contribution >= 4 is 0 Å². The second-order valence-electron chi connectivity index (χ2n) is 5.97. The van der Waals surface area contributed by atoms with Gasteiger partial charge in [-0.2, -0.15) is 0 Å². The van der Waals surface area contributed by atoms with Crippen LogP contribution in [0, 0.1) is 11.3 Å². The molecule has 2 atom stereocenters. The van der Waals surface area contributed by atoms with Gasteiger partial charge in [0, 0.05) is 0 Å². The fourth-order valence-corrected chi connectivity index (χ4v) is 2.80. The molecule has 2 heteroatoms. The highest BCUT2D eigenvalue weighted by atomic mass is 16.3. The van der Waals surface area contributed by atoms with Gasteiger partial charge in [-0.1, -0.05) is 51.0 Å². The summed E-state index contributed by atoms with van der Waals surface area (Å²) in [4.78, 5) is 0.